The van der Waals surface area contributed by atoms with Crippen LogP contribution < -0.4 is 22.1 Å². The Morgan fingerprint density at radius 3 is 2.46 bits per heavy atom. The van der Waals surface area contributed by atoms with Crippen molar-refractivity contribution in [3.63, 3.8) is 0 Å². The molecule has 1 unspecified atom stereocenters. The number of aliphatic carboxylic acids is 1. The minimum absolute atomic E-state index is 0.173. The van der Waals surface area contributed by atoms with Gasteiger partial charge in [-0.1, -0.05) is 0 Å². The van der Waals surface area contributed by atoms with Gasteiger partial charge >= 0.3 is 5.97 Å². The van der Waals surface area contributed by atoms with Gasteiger partial charge in [0.05, 0.1) is 12.6 Å². The van der Waals surface area contributed by atoms with Gasteiger partial charge in [0.15, 0.2) is 0 Å². The quantitative estimate of drug-likeness (QED) is 0.272. The minimum Gasteiger partial charge on any atom is -0.480 e. The van der Waals surface area contributed by atoms with E-state index in [4.69, 9.17) is 11.5 Å². The molecule has 2 amide bonds. The molecule has 24 heavy (non-hydrogen) atoms. The molecule has 0 bridgehead atoms. The predicted octanol–water partition coefficient (Wildman–Crippen LogP) is -2.00. The number of nitrogens with zero attached hydrogens (tertiary/aromatic N) is 2. The zero-order chi connectivity index (χ0) is 17.9. The molecule has 1 aliphatic rings. The first-order valence-electron chi connectivity index (χ1n) is 7.75. The van der Waals surface area contributed by atoms with Crippen LogP contribution in [-0.4, -0.2) is 66.7 Å². The maximum absolute atomic E-state index is 12.4. The van der Waals surface area contributed by atoms with Crippen molar-refractivity contribution in [3.05, 3.63) is 0 Å². The summed E-state index contributed by atoms with van der Waals surface area (Å²) in [6.45, 7) is 0.180. The molecule has 0 aliphatic carbocycles. The first-order chi connectivity index (χ1) is 11.5. The Kier molecular flexibility index (Phi) is 8.58. The van der Waals surface area contributed by atoms with Crippen LogP contribution >= 0.6 is 0 Å². The van der Waals surface area contributed by atoms with E-state index in [1.54, 1.807) is 6.21 Å². The van der Waals surface area contributed by atoms with Crippen LogP contribution in [0, 0.1) is 0 Å². The highest BCUT2D eigenvalue weighted by atomic mass is 16.4. The van der Waals surface area contributed by atoms with Gasteiger partial charge in [-0.2, -0.15) is 0 Å². The molecular weight excluding hydrogens is 316 g/mol. The molecule has 3 atom stereocenters. The Labute approximate surface area is 139 Å². The van der Waals surface area contributed by atoms with Crippen molar-refractivity contribution in [2.75, 3.05) is 13.1 Å². The molecule has 0 aromatic carbocycles. The summed E-state index contributed by atoms with van der Waals surface area (Å²) in [5.74, 6) is -2.23. The second-order valence-corrected chi connectivity index (χ2v) is 5.37. The van der Waals surface area contributed by atoms with E-state index in [0.29, 0.717) is 19.4 Å². The summed E-state index contributed by atoms with van der Waals surface area (Å²) < 4.78 is 0. The third kappa shape index (κ3) is 6.84. The highest BCUT2D eigenvalue weighted by Crippen LogP contribution is 2.07. The molecule has 1 rings (SSSR count). The largest absolute Gasteiger partial charge is 0.480 e. The highest BCUT2D eigenvalue weighted by Gasteiger charge is 2.28. The van der Waals surface area contributed by atoms with Crippen molar-refractivity contribution in [3.8, 4) is 0 Å². The molecule has 1 aliphatic heterocycles. The summed E-state index contributed by atoms with van der Waals surface area (Å²) in [7, 11) is 0. The van der Waals surface area contributed by atoms with E-state index in [1.165, 1.54) is 6.34 Å². The van der Waals surface area contributed by atoms with E-state index in [9.17, 15) is 19.5 Å². The zero-order valence-corrected chi connectivity index (χ0v) is 13.4. The van der Waals surface area contributed by atoms with Crippen LogP contribution in [0.1, 0.15) is 25.7 Å². The zero-order valence-electron chi connectivity index (χ0n) is 13.4. The number of nitrogens with one attached hydrogen (secondary N) is 2. The van der Waals surface area contributed by atoms with Crippen molar-refractivity contribution in [2.45, 2.75) is 43.8 Å². The first kappa shape index (κ1) is 19.7. The van der Waals surface area contributed by atoms with Gasteiger partial charge in [-0.15, -0.1) is 0 Å². The molecule has 7 N–H and O–H groups in total. The van der Waals surface area contributed by atoms with E-state index in [-0.39, 0.29) is 25.4 Å². The van der Waals surface area contributed by atoms with Gasteiger partial charge in [-0.3, -0.25) is 14.6 Å². The monoisotopic (exact) mass is 340 g/mol. The Morgan fingerprint density at radius 2 is 1.92 bits per heavy atom. The Morgan fingerprint density at radius 1 is 1.17 bits per heavy atom. The summed E-state index contributed by atoms with van der Waals surface area (Å²) >= 11 is 0. The molecular formula is C14H24N6O4. The number of carbonyl (C=O) groups excluding carboxylic acids is 2. The van der Waals surface area contributed by atoms with Crippen LogP contribution in [0.3, 0.4) is 0 Å². The SMILES string of the molecule is NCCCC[C@H](NC(=O)[C@H](CC1C=NC=N1)NC(=O)CN)C(=O)O. The fraction of sp³-hybridized carbons (Fsp3) is 0.643. The molecule has 1 heterocycles. The second kappa shape index (κ2) is 10.4. The van der Waals surface area contributed by atoms with E-state index >= 15 is 0 Å². The number of hydrogen-bond donors (Lipinski definition) is 5. The smallest absolute Gasteiger partial charge is 0.326 e. The minimum atomic E-state index is -1.13. The lowest BCUT2D eigenvalue weighted by atomic mass is 10.1. The summed E-state index contributed by atoms with van der Waals surface area (Å²) in [4.78, 5) is 43.0. The standard InChI is InChI=1S/C14H24N6O4/c15-4-2-1-3-10(14(23)24)20-13(22)11(19-12(21)6-16)5-9-7-17-8-18-9/h7-11H,1-6,15-16H2,(H,19,21)(H,20,22)(H,23,24)/t9?,10-,11-/m0/s1. The summed E-state index contributed by atoms with van der Waals surface area (Å²) in [5, 5.41) is 14.1. The van der Waals surface area contributed by atoms with Crippen molar-refractivity contribution in [1.29, 1.82) is 0 Å². The number of aliphatic imine (C=N–C) groups is 2. The number of nitrogens with two attached hydrogens (primary N) is 2. The molecule has 0 spiro atoms. The number of carboxylic acids is 1. The van der Waals surface area contributed by atoms with Gasteiger partial charge in [0, 0.05) is 12.6 Å². The Hall–Kier alpha value is -2.33. The van der Waals surface area contributed by atoms with Gasteiger partial charge < -0.3 is 27.2 Å². The molecule has 0 radical (unpaired) electrons. The fourth-order valence-corrected chi connectivity index (χ4v) is 2.17. The molecule has 0 saturated heterocycles. The molecule has 10 nitrogen and oxygen atoms in total. The Bertz CT molecular complexity index is 495. The number of amides is 2. The summed E-state index contributed by atoms with van der Waals surface area (Å²) in [6, 6.07) is -2.33. The Balaban J connectivity index is 2.68. The van der Waals surface area contributed by atoms with E-state index in [2.05, 4.69) is 20.6 Å². The van der Waals surface area contributed by atoms with Crippen LogP contribution in [0.15, 0.2) is 9.98 Å². The van der Waals surface area contributed by atoms with Gasteiger partial charge in [-0.25, -0.2) is 9.79 Å². The molecule has 134 valence electrons. The first-order valence-corrected chi connectivity index (χ1v) is 7.75. The van der Waals surface area contributed by atoms with Crippen molar-refractivity contribution >= 4 is 30.3 Å². The molecule has 10 heteroatoms. The van der Waals surface area contributed by atoms with E-state index in [1.807, 2.05) is 0 Å². The number of hydrogen-bond acceptors (Lipinski definition) is 7. The lowest BCUT2D eigenvalue weighted by molar-refractivity contribution is -0.142. The highest BCUT2D eigenvalue weighted by molar-refractivity contribution is 5.91. The van der Waals surface area contributed by atoms with Crippen molar-refractivity contribution in [1.82, 2.24) is 10.6 Å². The lowest BCUT2D eigenvalue weighted by Crippen LogP contribution is -2.53. The predicted molar refractivity (Wildman–Crippen MR) is 88.8 cm³/mol. The third-order valence-corrected chi connectivity index (χ3v) is 3.46. The number of carboxylic acid groups (broad SMARTS) is 1. The van der Waals surface area contributed by atoms with E-state index in [0.717, 1.165) is 0 Å². The molecule has 0 aromatic heterocycles. The van der Waals surface area contributed by atoms with Crippen molar-refractivity contribution in [2.24, 2.45) is 21.5 Å². The van der Waals surface area contributed by atoms with Gasteiger partial charge in [0.2, 0.25) is 11.8 Å². The second-order valence-electron chi connectivity index (χ2n) is 5.37. The number of unbranched alkanes of at least 4 members (excludes halogenated alkanes) is 1. The average Bonchev–Trinajstić information content (AvgIpc) is 3.06. The lowest BCUT2D eigenvalue weighted by Gasteiger charge is -2.22. The molecule has 0 aromatic rings. The van der Waals surface area contributed by atoms with E-state index < -0.39 is 29.9 Å². The number of carbonyl (C=O) groups is 3. The van der Waals surface area contributed by atoms with Gasteiger partial charge in [0.25, 0.3) is 0 Å². The third-order valence-electron chi connectivity index (χ3n) is 3.46. The molecule has 0 saturated carbocycles. The summed E-state index contributed by atoms with van der Waals surface area (Å²) in [6.07, 6.45) is 4.58. The maximum Gasteiger partial charge on any atom is 0.326 e. The maximum atomic E-state index is 12.4. The molecule has 0 fully saturated rings. The van der Waals surface area contributed by atoms with Gasteiger partial charge in [0.1, 0.15) is 18.4 Å². The normalized spacial score (nSPS) is 18.2. The fourth-order valence-electron chi connectivity index (χ4n) is 2.17. The van der Waals surface area contributed by atoms with Crippen LogP contribution in [-0.2, 0) is 14.4 Å². The number of rotatable bonds is 11. The van der Waals surface area contributed by atoms with Crippen LogP contribution in [0.2, 0.25) is 0 Å². The topological polar surface area (TPSA) is 172 Å². The van der Waals surface area contributed by atoms with Crippen molar-refractivity contribution < 1.29 is 19.5 Å². The summed E-state index contributed by atoms with van der Waals surface area (Å²) in [5.41, 5.74) is 10.6. The average molecular weight is 340 g/mol. The van der Waals surface area contributed by atoms with Gasteiger partial charge in [-0.05, 0) is 25.8 Å². The van der Waals surface area contributed by atoms with Crippen LogP contribution in [0.4, 0.5) is 0 Å². The van der Waals surface area contributed by atoms with Crippen LogP contribution in [0.5, 0.6) is 0 Å². The van der Waals surface area contributed by atoms with Crippen LogP contribution in [0.25, 0.3) is 0 Å².